The molecule has 0 unspecified atom stereocenters. The number of nitrogens with zero attached hydrogens (tertiary/aromatic N) is 4. The molecule has 2 aliphatic rings. The van der Waals surface area contributed by atoms with Crippen molar-refractivity contribution in [3.63, 3.8) is 0 Å². The predicted octanol–water partition coefficient (Wildman–Crippen LogP) is 4.28. The number of carbonyl (C=O) groups is 1. The summed E-state index contributed by atoms with van der Waals surface area (Å²) in [6.45, 7) is 5.72. The number of aromatic nitrogens is 4. The third-order valence-corrected chi connectivity index (χ3v) is 7.25. The highest BCUT2D eigenvalue weighted by Crippen LogP contribution is 2.39. The van der Waals surface area contributed by atoms with Crippen molar-refractivity contribution >= 4 is 35.0 Å². The summed E-state index contributed by atoms with van der Waals surface area (Å²) in [6.07, 6.45) is 3.64. The van der Waals surface area contributed by atoms with Crippen LogP contribution in [-0.4, -0.2) is 56.9 Å². The number of aliphatic hydroxyl groups excluding tert-OH is 1. The van der Waals surface area contributed by atoms with E-state index in [-0.39, 0.29) is 12.0 Å². The van der Waals surface area contributed by atoms with Gasteiger partial charge in [-0.2, -0.15) is 5.10 Å². The second-order valence-corrected chi connectivity index (χ2v) is 10.4. The number of aromatic amines is 1. The number of carbonyl (C=O) groups excluding carboxylic acids is 1. The monoisotopic (exact) mass is 508 g/mol. The van der Waals surface area contributed by atoms with Gasteiger partial charge in [-0.15, -0.1) is 0 Å². The van der Waals surface area contributed by atoms with Gasteiger partial charge >= 0.3 is 0 Å². The van der Waals surface area contributed by atoms with E-state index < -0.39 is 0 Å². The number of aryl methyl sites for hydroxylation is 1. The Hall–Kier alpha value is -3.11. The summed E-state index contributed by atoms with van der Waals surface area (Å²) in [5, 5.41) is 21.1. The van der Waals surface area contributed by atoms with E-state index in [9.17, 15) is 9.90 Å². The molecule has 2 aromatic heterocycles. The summed E-state index contributed by atoms with van der Waals surface area (Å²) in [4.78, 5) is 25.0. The van der Waals surface area contributed by atoms with Crippen molar-refractivity contribution in [3.05, 3.63) is 41.6 Å². The van der Waals surface area contributed by atoms with Gasteiger partial charge in [0.25, 0.3) is 0 Å². The summed E-state index contributed by atoms with van der Waals surface area (Å²) in [7, 11) is 0. The Bertz CT molecular complexity index is 1200. The third kappa shape index (κ3) is 5.99. The van der Waals surface area contributed by atoms with Gasteiger partial charge in [-0.25, -0.2) is 9.97 Å². The summed E-state index contributed by atoms with van der Waals surface area (Å²) in [6, 6.07) is 9.96. The summed E-state index contributed by atoms with van der Waals surface area (Å²) in [5.74, 6) is 3.10. The third-order valence-electron chi connectivity index (χ3n) is 6.38. The number of aliphatic hydroxyl groups is 1. The second-order valence-electron chi connectivity index (χ2n) is 9.38. The number of ether oxygens (including phenoxy) is 1. The van der Waals surface area contributed by atoms with Crippen molar-refractivity contribution in [1.29, 1.82) is 0 Å². The fourth-order valence-electron chi connectivity index (χ4n) is 4.25. The topological polar surface area (TPSA) is 116 Å². The molecule has 0 bridgehead atoms. The molecule has 10 heteroatoms. The van der Waals surface area contributed by atoms with Crippen LogP contribution in [0.15, 0.2) is 40.4 Å². The fraction of sp³-hybridized carbons (Fsp3) is 0.462. The van der Waals surface area contributed by atoms with Gasteiger partial charge in [0.1, 0.15) is 5.78 Å². The molecule has 3 N–H and O–H groups in total. The first-order valence-electron chi connectivity index (χ1n) is 12.5. The van der Waals surface area contributed by atoms with E-state index >= 15 is 0 Å². The molecule has 5 rings (SSSR count). The van der Waals surface area contributed by atoms with E-state index in [1.54, 1.807) is 0 Å². The minimum Gasteiger partial charge on any atom is -0.487 e. The number of hydrogen-bond acceptors (Lipinski definition) is 9. The molecule has 0 radical (unpaired) electrons. The molecule has 3 heterocycles. The van der Waals surface area contributed by atoms with Gasteiger partial charge in [-0.1, -0.05) is 12.1 Å². The molecule has 3 aromatic rings. The molecular formula is C26H32N6O3S. The lowest BCUT2D eigenvalue weighted by Crippen LogP contribution is -2.36. The molecule has 1 aliphatic heterocycles. The zero-order valence-electron chi connectivity index (χ0n) is 20.7. The summed E-state index contributed by atoms with van der Waals surface area (Å²) >= 11 is 1.46. The quantitative estimate of drug-likeness (QED) is 0.345. The van der Waals surface area contributed by atoms with Crippen LogP contribution in [0.1, 0.15) is 43.9 Å². The molecule has 1 aliphatic carbocycles. The molecule has 1 saturated carbocycles. The summed E-state index contributed by atoms with van der Waals surface area (Å²) < 4.78 is 6.04. The first kappa shape index (κ1) is 24.6. The van der Waals surface area contributed by atoms with Crippen LogP contribution in [0.2, 0.25) is 0 Å². The Labute approximate surface area is 215 Å². The molecule has 0 spiro atoms. The van der Waals surface area contributed by atoms with Crippen LogP contribution in [0.25, 0.3) is 0 Å². The van der Waals surface area contributed by atoms with E-state index in [0.29, 0.717) is 73.1 Å². The molecule has 36 heavy (non-hydrogen) atoms. The number of anilines is 3. The fourth-order valence-corrected chi connectivity index (χ4v) is 5.01. The lowest BCUT2D eigenvalue weighted by molar-refractivity contribution is -0.119. The minimum atomic E-state index is -0.289. The number of piperidine rings is 1. The van der Waals surface area contributed by atoms with Crippen LogP contribution in [-0.2, 0) is 11.2 Å². The Balaban J connectivity index is 1.43. The number of H-pyrrole nitrogens is 1. The maximum atomic E-state index is 12.2. The first-order chi connectivity index (χ1) is 17.5. The maximum Gasteiger partial charge on any atom is 0.205 e. The maximum absolute atomic E-state index is 12.2. The normalized spacial score (nSPS) is 16.2. The number of rotatable bonds is 10. The van der Waals surface area contributed by atoms with Crippen LogP contribution < -0.4 is 15.0 Å². The zero-order chi connectivity index (χ0) is 25.1. The van der Waals surface area contributed by atoms with Crippen molar-refractivity contribution in [2.75, 3.05) is 29.9 Å². The van der Waals surface area contributed by atoms with Crippen molar-refractivity contribution in [3.8, 4) is 5.75 Å². The number of Topliss-reactive ketones (excluding diaryl/α,β-unsaturated/α-hetero) is 1. The molecule has 0 atom stereocenters. The zero-order valence-corrected chi connectivity index (χ0v) is 21.5. The number of hydrogen-bond donors (Lipinski definition) is 3. The van der Waals surface area contributed by atoms with Crippen molar-refractivity contribution in [2.24, 2.45) is 5.92 Å². The lowest BCUT2D eigenvalue weighted by atomic mass is 10.1. The second kappa shape index (κ2) is 10.9. The molecule has 190 valence electrons. The van der Waals surface area contributed by atoms with Gasteiger partial charge in [0.05, 0.1) is 12.7 Å². The van der Waals surface area contributed by atoms with Crippen LogP contribution >= 0.6 is 11.8 Å². The van der Waals surface area contributed by atoms with Crippen molar-refractivity contribution < 1.29 is 14.6 Å². The highest BCUT2D eigenvalue weighted by atomic mass is 32.2. The van der Waals surface area contributed by atoms with Gasteiger partial charge < -0.3 is 20.1 Å². The lowest BCUT2D eigenvalue weighted by Gasteiger charge is -2.32. The Kier molecular flexibility index (Phi) is 7.43. The average Bonchev–Trinajstić information content (AvgIpc) is 3.64. The van der Waals surface area contributed by atoms with E-state index in [4.69, 9.17) is 14.7 Å². The highest BCUT2D eigenvalue weighted by Gasteiger charge is 2.29. The molecule has 2 fully saturated rings. The molecule has 9 nitrogen and oxygen atoms in total. The number of nitrogens with one attached hydrogen (secondary N) is 2. The average molecular weight is 509 g/mol. The SMILES string of the molecule is CCOc1c(Nc2cc(C)[nH]n2)nc(Sc2ccc(CC(=O)C3CC3)cc2)nc1N1CCC(O)CC1. The standard InChI is InChI=1S/C26H32N6O3S/c1-3-35-23-24(27-22-14-16(2)30-31-22)28-26(29-25(23)32-12-10-19(33)11-13-32)36-20-8-4-17(5-9-20)15-21(34)18-6-7-18/h4-5,8-9,14,18-19,33H,3,6-7,10-13,15H2,1-2H3,(H2,27,28,29,30,31). The van der Waals surface area contributed by atoms with Crippen LogP contribution in [0, 0.1) is 12.8 Å². The highest BCUT2D eigenvalue weighted by molar-refractivity contribution is 7.99. The smallest absolute Gasteiger partial charge is 0.205 e. The number of benzene rings is 1. The minimum absolute atomic E-state index is 0.273. The summed E-state index contributed by atoms with van der Waals surface area (Å²) in [5.41, 5.74) is 1.97. The Morgan fingerprint density at radius 2 is 1.94 bits per heavy atom. The largest absolute Gasteiger partial charge is 0.487 e. The molecule has 1 saturated heterocycles. The van der Waals surface area contributed by atoms with Gasteiger partial charge in [-0.05, 0) is 69.0 Å². The van der Waals surface area contributed by atoms with Crippen LogP contribution in [0.5, 0.6) is 5.75 Å². The van der Waals surface area contributed by atoms with E-state index in [1.165, 1.54) is 11.8 Å². The van der Waals surface area contributed by atoms with E-state index in [2.05, 4.69) is 20.4 Å². The van der Waals surface area contributed by atoms with Gasteiger partial charge in [0, 0.05) is 42.1 Å². The number of ketones is 1. The Morgan fingerprint density at radius 3 is 2.58 bits per heavy atom. The van der Waals surface area contributed by atoms with Crippen LogP contribution in [0.4, 0.5) is 17.5 Å². The van der Waals surface area contributed by atoms with E-state index in [0.717, 1.165) is 29.0 Å². The van der Waals surface area contributed by atoms with Crippen molar-refractivity contribution in [2.45, 2.75) is 62.1 Å². The van der Waals surface area contributed by atoms with Gasteiger partial charge in [0.2, 0.25) is 5.75 Å². The molecular weight excluding hydrogens is 476 g/mol. The molecule has 0 amide bonds. The predicted molar refractivity (Wildman–Crippen MR) is 139 cm³/mol. The van der Waals surface area contributed by atoms with Crippen LogP contribution in [0.3, 0.4) is 0 Å². The molecule has 1 aromatic carbocycles. The van der Waals surface area contributed by atoms with E-state index in [1.807, 2.05) is 44.2 Å². The van der Waals surface area contributed by atoms with Crippen molar-refractivity contribution in [1.82, 2.24) is 20.2 Å². The first-order valence-corrected chi connectivity index (χ1v) is 13.4. The van der Waals surface area contributed by atoms with Gasteiger partial charge in [0.15, 0.2) is 22.6 Å². The van der Waals surface area contributed by atoms with Gasteiger partial charge in [-0.3, -0.25) is 9.89 Å². The Morgan fingerprint density at radius 1 is 1.19 bits per heavy atom.